The molecule has 3 rings (SSSR count). The lowest BCUT2D eigenvalue weighted by Crippen LogP contribution is -2.27. The monoisotopic (exact) mass is 378 g/mol. The molecule has 0 heterocycles. The molecule has 2 N–H and O–H groups in total. The topological polar surface area (TPSA) is 41.1 Å². The molecule has 3 aromatic rings. The van der Waals surface area contributed by atoms with Crippen LogP contribution in [0.2, 0.25) is 5.02 Å². The Kier molecular flexibility index (Phi) is 5.82. The van der Waals surface area contributed by atoms with Gasteiger partial charge in [-0.05, 0) is 61.2 Å². The van der Waals surface area contributed by atoms with Crippen molar-refractivity contribution in [1.82, 2.24) is 0 Å². The van der Waals surface area contributed by atoms with Gasteiger partial charge in [0.25, 0.3) is 5.91 Å². The quantitative estimate of drug-likeness (QED) is 0.566. The summed E-state index contributed by atoms with van der Waals surface area (Å²) in [6, 6.07) is 20.9. The minimum absolute atomic E-state index is 0.119. The Hall–Kier alpha value is -2.78. The number of anilines is 2. The highest BCUT2D eigenvalue weighted by molar-refractivity contribution is 6.31. The maximum Gasteiger partial charge on any atom is 0.251 e. The molecule has 0 radical (unpaired) electrons. The van der Waals surface area contributed by atoms with Crippen LogP contribution in [0, 0.1) is 20.8 Å². The zero-order valence-electron chi connectivity index (χ0n) is 15.7. The van der Waals surface area contributed by atoms with Gasteiger partial charge in [0.15, 0.2) is 0 Å². The van der Waals surface area contributed by atoms with Gasteiger partial charge in [0.1, 0.15) is 6.04 Å². The molecule has 3 nitrogen and oxygen atoms in total. The predicted octanol–water partition coefficient (Wildman–Crippen LogP) is 6.06. The average molecular weight is 379 g/mol. The van der Waals surface area contributed by atoms with Gasteiger partial charge in [0.2, 0.25) is 0 Å². The summed E-state index contributed by atoms with van der Waals surface area (Å²) in [5.74, 6) is -0.119. The normalized spacial score (nSPS) is 11.7. The van der Waals surface area contributed by atoms with Crippen LogP contribution < -0.4 is 10.6 Å². The molecule has 0 aromatic heterocycles. The average Bonchev–Trinajstić information content (AvgIpc) is 2.66. The molecule has 1 amide bonds. The van der Waals surface area contributed by atoms with Crippen molar-refractivity contribution in [2.45, 2.75) is 26.8 Å². The first-order chi connectivity index (χ1) is 12.9. The molecule has 0 unspecified atom stereocenters. The van der Waals surface area contributed by atoms with Gasteiger partial charge in [-0.2, -0.15) is 0 Å². The number of amides is 1. The van der Waals surface area contributed by atoms with Crippen molar-refractivity contribution in [1.29, 1.82) is 0 Å². The van der Waals surface area contributed by atoms with E-state index in [1.807, 2.05) is 87.5 Å². The summed E-state index contributed by atoms with van der Waals surface area (Å²) in [5, 5.41) is 7.05. The molecular weight excluding hydrogens is 356 g/mol. The van der Waals surface area contributed by atoms with E-state index in [4.69, 9.17) is 11.6 Å². The first kappa shape index (κ1) is 19.0. The lowest BCUT2D eigenvalue weighted by molar-refractivity contribution is -0.117. The van der Waals surface area contributed by atoms with Crippen molar-refractivity contribution in [2.24, 2.45) is 0 Å². The summed E-state index contributed by atoms with van der Waals surface area (Å²) in [6.45, 7) is 5.95. The largest absolute Gasteiger partial charge is 0.370 e. The highest BCUT2D eigenvalue weighted by Crippen LogP contribution is 2.26. The summed E-state index contributed by atoms with van der Waals surface area (Å²) in [6.07, 6.45) is 0. The smallest absolute Gasteiger partial charge is 0.251 e. The molecule has 0 saturated heterocycles. The minimum atomic E-state index is -0.537. The van der Waals surface area contributed by atoms with E-state index in [0.717, 1.165) is 33.6 Å². The number of carbonyl (C=O) groups is 1. The number of hydrogen-bond donors (Lipinski definition) is 2. The first-order valence-corrected chi connectivity index (χ1v) is 9.27. The Morgan fingerprint density at radius 2 is 1.59 bits per heavy atom. The molecule has 0 bridgehead atoms. The second kappa shape index (κ2) is 8.28. The summed E-state index contributed by atoms with van der Waals surface area (Å²) >= 11 is 6.25. The van der Waals surface area contributed by atoms with E-state index in [0.29, 0.717) is 5.02 Å². The van der Waals surface area contributed by atoms with Gasteiger partial charge < -0.3 is 10.6 Å². The van der Waals surface area contributed by atoms with Crippen LogP contribution in [0.4, 0.5) is 11.4 Å². The highest BCUT2D eigenvalue weighted by atomic mass is 35.5. The van der Waals surface area contributed by atoms with Crippen molar-refractivity contribution >= 4 is 28.9 Å². The van der Waals surface area contributed by atoms with Crippen molar-refractivity contribution in [3.8, 4) is 0 Å². The third-order valence-electron chi connectivity index (χ3n) is 4.53. The van der Waals surface area contributed by atoms with Crippen LogP contribution in [0.15, 0.2) is 66.7 Å². The predicted molar refractivity (Wildman–Crippen MR) is 114 cm³/mol. The van der Waals surface area contributed by atoms with E-state index in [2.05, 4.69) is 10.6 Å². The van der Waals surface area contributed by atoms with Crippen molar-refractivity contribution in [3.63, 3.8) is 0 Å². The lowest BCUT2D eigenvalue weighted by Gasteiger charge is -2.21. The van der Waals surface area contributed by atoms with Gasteiger partial charge in [-0.3, -0.25) is 4.79 Å². The third-order valence-corrected chi connectivity index (χ3v) is 4.94. The van der Waals surface area contributed by atoms with E-state index < -0.39 is 6.04 Å². The zero-order valence-corrected chi connectivity index (χ0v) is 16.5. The molecule has 0 fully saturated rings. The zero-order chi connectivity index (χ0) is 19.4. The number of halogens is 1. The van der Waals surface area contributed by atoms with Crippen molar-refractivity contribution in [2.75, 3.05) is 10.6 Å². The third kappa shape index (κ3) is 4.69. The Bertz CT molecular complexity index is 954. The van der Waals surface area contributed by atoms with Crippen LogP contribution in [0.25, 0.3) is 0 Å². The molecule has 27 heavy (non-hydrogen) atoms. The molecule has 3 aromatic carbocycles. The molecule has 0 saturated carbocycles. The molecule has 0 aliphatic heterocycles. The van der Waals surface area contributed by atoms with Gasteiger partial charge in [0, 0.05) is 16.4 Å². The van der Waals surface area contributed by atoms with Gasteiger partial charge in [-0.1, -0.05) is 60.1 Å². The Morgan fingerprint density at radius 3 is 2.30 bits per heavy atom. The van der Waals surface area contributed by atoms with Gasteiger partial charge in [-0.25, -0.2) is 0 Å². The molecule has 138 valence electrons. The number of carbonyl (C=O) groups excluding carboxylic acids is 1. The molecule has 1 atom stereocenters. The van der Waals surface area contributed by atoms with Crippen molar-refractivity contribution < 1.29 is 4.79 Å². The van der Waals surface area contributed by atoms with Crippen molar-refractivity contribution in [3.05, 3.63) is 94.0 Å². The molecular formula is C23H23ClN2O. The van der Waals surface area contributed by atoms with Gasteiger partial charge in [-0.15, -0.1) is 0 Å². The van der Waals surface area contributed by atoms with Gasteiger partial charge in [0.05, 0.1) is 0 Å². The molecule has 0 spiro atoms. The summed E-state index contributed by atoms with van der Waals surface area (Å²) < 4.78 is 0. The minimum Gasteiger partial charge on any atom is -0.370 e. The maximum atomic E-state index is 13.1. The Morgan fingerprint density at radius 1 is 0.889 bits per heavy atom. The number of rotatable bonds is 5. The second-order valence-corrected chi connectivity index (χ2v) is 7.17. The molecule has 4 heteroatoms. The lowest BCUT2D eigenvalue weighted by atomic mass is 10.0. The van der Waals surface area contributed by atoms with E-state index in [1.54, 1.807) is 0 Å². The van der Waals surface area contributed by atoms with E-state index in [9.17, 15) is 4.79 Å². The summed E-state index contributed by atoms with van der Waals surface area (Å²) in [7, 11) is 0. The number of benzene rings is 3. The van der Waals surface area contributed by atoms with Crippen LogP contribution in [0.5, 0.6) is 0 Å². The van der Waals surface area contributed by atoms with Crippen LogP contribution in [0.1, 0.15) is 28.3 Å². The van der Waals surface area contributed by atoms with Crippen LogP contribution in [-0.2, 0) is 4.79 Å². The maximum absolute atomic E-state index is 13.1. The van der Waals surface area contributed by atoms with E-state index in [1.165, 1.54) is 0 Å². The Labute approximate surface area is 165 Å². The van der Waals surface area contributed by atoms with Gasteiger partial charge >= 0.3 is 0 Å². The SMILES string of the molecule is Cc1ccc(C)c(NC(=O)[C@H](Nc2ccc(C)c(Cl)c2)c2ccccc2)c1. The standard InChI is InChI=1S/C23H23ClN2O/c1-15-9-10-17(3)21(13-15)26-23(27)22(18-7-5-4-6-8-18)25-19-12-11-16(2)20(24)14-19/h4-14,22,25H,1-3H3,(H,26,27)/t22-/m1/s1. The van der Waals surface area contributed by atoms with E-state index in [-0.39, 0.29) is 5.91 Å². The summed E-state index contributed by atoms with van der Waals surface area (Å²) in [4.78, 5) is 13.1. The van der Waals surface area contributed by atoms with E-state index >= 15 is 0 Å². The second-order valence-electron chi connectivity index (χ2n) is 6.76. The Balaban J connectivity index is 1.90. The fraction of sp³-hybridized carbons (Fsp3) is 0.174. The summed E-state index contributed by atoms with van der Waals surface area (Å²) in [5.41, 5.74) is 5.64. The van der Waals surface area contributed by atoms with Crippen LogP contribution >= 0.6 is 11.6 Å². The van der Waals surface area contributed by atoms with Crippen LogP contribution in [0.3, 0.4) is 0 Å². The first-order valence-electron chi connectivity index (χ1n) is 8.90. The number of hydrogen-bond acceptors (Lipinski definition) is 2. The molecule has 0 aliphatic carbocycles. The highest BCUT2D eigenvalue weighted by Gasteiger charge is 2.21. The fourth-order valence-corrected chi connectivity index (χ4v) is 3.05. The number of nitrogens with one attached hydrogen (secondary N) is 2. The number of aryl methyl sites for hydroxylation is 3. The molecule has 0 aliphatic rings. The fourth-order valence-electron chi connectivity index (χ4n) is 2.87. The van der Waals surface area contributed by atoms with Crippen LogP contribution in [-0.4, -0.2) is 5.91 Å².